The van der Waals surface area contributed by atoms with Gasteiger partial charge in [0.1, 0.15) is 23.9 Å². The summed E-state index contributed by atoms with van der Waals surface area (Å²) in [6.07, 6.45) is 2.47. The third-order valence-corrected chi connectivity index (χ3v) is 4.00. The summed E-state index contributed by atoms with van der Waals surface area (Å²) < 4.78 is 16.8. The van der Waals surface area contributed by atoms with Crippen molar-refractivity contribution in [3.63, 3.8) is 0 Å². The Balaban J connectivity index is 2.52. The van der Waals surface area contributed by atoms with Crippen LogP contribution in [0.3, 0.4) is 0 Å². The molecule has 112 valence electrons. The normalized spacial score (nSPS) is 37.6. The van der Waals surface area contributed by atoms with Gasteiger partial charge in [-0.15, -0.1) is 6.58 Å². The molecule has 0 amide bonds. The number of aliphatic hydroxyl groups excluding tert-OH is 1. The van der Waals surface area contributed by atoms with E-state index in [-0.39, 0.29) is 12.2 Å². The Morgan fingerprint density at radius 2 is 2.10 bits per heavy atom. The third kappa shape index (κ3) is 2.64. The van der Waals surface area contributed by atoms with Gasteiger partial charge in [-0.2, -0.15) is 0 Å². The zero-order chi connectivity index (χ0) is 15.5. The van der Waals surface area contributed by atoms with Crippen LogP contribution >= 0.6 is 0 Å². The second-order valence-corrected chi connectivity index (χ2v) is 5.00. The maximum absolute atomic E-state index is 9.98. The Bertz CT molecular complexity index is 557. The fourth-order valence-electron chi connectivity index (χ4n) is 2.77. The summed E-state index contributed by atoms with van der Waals surface area (Å²) in [7, 11) is 4.85. The van der Waals surface area contributed by atoms with E-state index in [0.717, 1.165) is 5.57 Å². The molecule has 0 saturated carbocycles. The molecule has 2 aliphatic carbocycles. The van der Waals surface area contributed by atoms with Crippen molar-refractivity contribution in [1.82, 2.24) is 0 Å². The molecule has 21 heavy (non-hydrogen) atoms. The Morgan fingerprint density at radius 3 is 2.67 bits per heavy atom. The van der Waals surface area contributed by atoms with Crippen LogP contribution in [0, 0.1) is 29.6 Å². The zero-order valence-electron chi connectivity index (χ0n) is 12.6. The van der Waals surface area contributed by atoms with Gasteiger partial charge >= 0.3 is 0 Å². The Kier molecular flexibility index (Phi) is 4.88. The maximum atomic E-state index is 9.98. The summed E-state index contributed by atoms with van der Waals surface area (Å²) in [4.78, 5) is 0. The monoisotopic (exact) mass is 288 g/mol. The number of hydrogen-bond acceptors (Lipinski definition) is 4. The summed E-state index contributed by atoms with van der Waals surface area (Å²) in [5.74, 6) is 11.5. The Labute approximate surface area is 125 Å². The molecular formula is C17H20O4. The lowest BCUT2D eigenvalue weighted by Gasteiger charge is -2.34. The first-order valence-electron chi connectivity index (χ1n) is 6.76. The van der Waals surface area contributed by atoms with E-state index in [9.17, 15) is 5.11 Å². The number of fused-ring (bicyclic) bond motifs is 1. The van der Waals surface area contributed by atoms with Gasteiger partial charge in [-0.1, -0.05) is 29.8 Å². The SMILES string of the molecule is C=CC1C#CC2=C[C@@H](OC)[C@H](OC)[C@]2(OC)CC#CC1O. The average Bonchev–Trinajstić information content (AvgIpc) is 2.82. The summed E-state index contributed by atoms with van der Waals surface area (Å²) in [6.45, 7) is 3.69. The number of rotatable bonds is 4. The van der Waals surface area contributed by atoms with Crippen LogP contribution in [-0.2, 0) is 14.2 Å². The van der Waals surface area contributed by atoms with Gasteiger partial charge in [-0.3, -0.25) is 0 Å². The fourth-order valence-corrected chi connectivity index (χ4v) is 2.77. The minimum atomic E-state index is -0.845. The van der Waals surface area contributed by atoms with E-state index in [2.05, 4.69) is 30.3 Å². The predicted molar refractivity (Wildman–Crippen MR) is 79.3 cm³/mol. The summed E-state index contributed by atoms with van der Waals surface area (Å²) >= 11 is 0. The molecule has 0 aromatic heterocycles. The van der Waals surface area contributed by atoms with E-state index >= 15 is 0 Å². The molecule has 0 spiro atoms. The van der Waals surface area contributed by atoms with E-state index < -0.39 is 17.6 Å². The first-order valence-corrected chi connectivity index (χ1v) is 6.76. The molecule has 0 bridgehead atoms. The topological polar surface area (TPSA) is 47.9 Å². The van der Waals surface area contributed by atoms with Gasteiger partial charge in [0.25, 0.3) is 0 Å². The highest BCUT2D eigenvalue weighted by atomic mass is 16.6. The van der Waals surface area contributed by atoms with Gasteiger partial charge in [0.15, 0.2) is 0 Å². The van der Waals surface area contributed by atoms with Crippen LogP contribution < -0.4 is 0 Å². The largest absolute Gasteiger partial charge is 0.379 e. The fraction of sp³-hybridized carbons (Fsp3) is 0.529. The van der Waals surface area contributed by atoms with Crippen molar-refractivity contribution in [1.29, 1.82) is 0 Å². The maximum Gasteiger partial charge on any atom is 0.140 e. The molecule has 0 saturated heterocycles. The number of methoxy groups -OCH3 is 3. The van der Waals surface area contributed by atoms with E-state index in [0.29, 0.717) is 6.42 Å². The molecule has 0 radical (unpaired) electrons. The Hall–Kier alpha value is -1.56. The molecule has 4 nitrogen and oxygen atoms in total. The average molecular weight is 288 g/mol. The van der Waals surface area contributed by atoms with Crippen LogP contribution in [0.15, 0.2) is 24.3 Å². The van der Waals surface area contributed by atoms with Crippen molar-refractivity contribution >= 4 is 0 Å². The lowest BCUT2D eigenvalue weighted by Crippen LogP contribution is -2.47. The molecule has 5 atom stereocenters. The zero-order valence-corrected chi connectivity index (χ0v) is 12.6. The van der Waals surface area contributed by atoms with Gasteiger partial charge in [0.05, 0.1) is 5.92 Å². The molecule has 0 fully saturated rings. The highest BCUT2D eigenvalue weighted by Crippen LogP contribution is 2.39. The highest BCUT2D eigenvalue weighted by Gasteiger charge is 2.51. The molecule has 2 rings (SSSR count). The van der Waals surface area contributed by atoms with E-state index in [4.69, 9.17) is 14.2 Å². The summed E-state index contributed by atoms with van der Waals surface area (Å²) in [6, 6.07) is 0. The minimum absolute atomic E-state index is 0.243. The first kappa shape index (κ1) is 15.8. The van der Waals surface area contributed by atoms with Crippen molar-refractivity contribution in [3.05, 3.63) is 24.3 Å². The van der Waals surface area contributed by atoms with Crippen LogP contribution in [0.4, 0.5) is 0 Å². The lowest BCUT2D eigenvalue weighted by molar-refractivity contribution is -0.118. The second-order valence-electron chi connectivity index (χ2n) is 5.00. The molecular weight excluding hydrogens is 268 g/mol. The highest BCUT2D eigenvalue weighted by molar-refractivity contribution is 5.47. The molecule has 2 unspecified atom stereocenters. The van der Waals surface area contributed by atoms with Crippen LogP contribution in [0.1, 0.15) is 6.42 Å². The van der Waals surface area contributed by atoms with Crippen molar-refractivity contribution in [2.45, 2.75) is 30.3 Å². The van der Waals surface area contributed by atoms with E-state index in [1.54, 1.807) is 27.4 Å². The smallest absolute Gasteiger partial charge is 0.140 e. The number of aliphatic hydroxyl groups is 1. The van der Waals surface area contributed by atoms with Crippen molar-refractivity contribution in [2.24, 2.45) is 5.92 Å². The summed E-state index contributed by atoms with van der Waals surface area (Å²) in [5, 5.41) is 9.98. The van der Waals surface area contributed by atoms with Crippen molar-refractivity contribution in [3.8, 4) is 23.7 Å². The van der Waals surface area contributed by atoms with Crippen LogP contribution in [0.25, 0.3) is 0 Å². The van der Waals surface area contributed by atoms with E-state index in [1.807, 2.05) is 6.08 Å². The molecule has 0 heterocycles. The van der Waals surface area contributed by atoms with E-state index in [1.165, 1.54) is 0 Å². The van der Waals surface area contributed by atoms with Crippen LogP contribution in [0.5, 0.6) is 0 Å². The van der Waals surface area contributed by atoms with Gasteiger partial charge < -0.3 is 19.3 Å². The summed E-state index contributed by atoms with van der Waals surface area (Å²) in [5.41, 5.74) is 0.00419. The van der Waals surface area contributed by atoms with Crippen LogP contribution in [0.2, 0.25) is 0 Å². The van der Waals surface area contributed by atoms with Gasteiger partial charge in [0.2, 0.25) is 0 Å². The molecule has 0 aliphatic heterocycles. The quantitative estimate of drug-likeness (QED) is 0.617. The third-order valence-electron chi connectivity index (χ3n) is 4.00. The number of hydrogen-bond donors (Lipinski definition) is 1. The standard InChI is InChI=1S/C17H20O4/c1-5-12-8-9-13-11-15(19-2)16(20-3)17(13,21-4)10-6-7-14(12)18/h5,11-12,14-16,18H,1,10H2,2-4H3/t12?,14?,15-,16+,17+/m1/s1. The molecule has 0 aromatic rings. The van der Waals surface area contributed by atoms with Gasteiger partial charge in [-0.05, 0) is 6.08 Å². The first-order chi connectivity index (χ1) is 10.1. The lowest BCUT2D eigenvalue weighted by atomic mass is 9.89. The molecule has 0 aromatic carbocycles. The molecule has 1 N–H and O–H groups in total. The molecule has 4 heteroatoms. The number of ether oxygens (including phenoxy) is 3. The van der Waals surface area contributed by atoms with Crippen molar-refractivity contribution < 1.29 is 19.3 Å². The van der Waals surface area contributed by atoms with Gasteiger partial charge in [0, 0.05) is 33.3 Å². The minimum Gasteiger partial charge on any atom is -0.379 e. The van der Waals surface area contributed by atoms with Crippen molar-refractivity contribution in [2.75, 3.05) is 21.3 Å². The Morgan fingerprint density at radius 1 is 1.33 bits per heavy atom. The van der Waals surface area contributed by atoms with Crippen LogP contribution in [-0.4, -0.2) is 50.3 Å². The second kappa shape index (κ2) is 6.47. The predicted octanol–water partition coefficient (Wildman–Crippen LogP) is 0.915. The van der Waals surface area contributed by atoms with Gasteiger partial charge in [-0.25, -0.2) is 0 Å². The molecule has 2 aliphatic rings.